The fourth-order valence-electron chi connectivity index (χ4n) is 10.0. The predicted molar refractivity (Wildman–Crippen MR) is 331 cm³/mol. The Morgan fingerprint density at radius 3 is 1.20 bits per heavy atom. The van der Waals surface area contributed by atoms with E-state index in [0.717, 1.165) is 109 Å². The zero-order chi connectivity index (χ0) is 58.9. The summed E-state index contributed by atoms with van der Waals surface area (Å²) in [7, 11) is 0. The van der Waals surface area contributed by atoms with Gasteiger partial charge in [0.15, 0.2) is 24.6 Å². The van der Waals surface area contributed by atoms with E-state index in [2.05, 4.69) is 81.5 Å². The first-order valence-corrected chi connectivity index (χ1v) is 33.3. The molecule has 1 fully saturated rings. The van der Waals surface area contributed by atoms with Gasteiger partial charge in [0.2, 0.25) is 0 Å². The maximum atomic E-state index is 13.2. The fraction of sp³-hybridized carbons (Fsp3) is 0.797. The van der Waals surface area contributed by atoms with E-state index in [9.17, 15) is 34.5 Å². The SMILES string of the molecule is CC/C=C\C/C=C\C/C=C\C/C=C\CCCCCCC(=O)OC1C(OCC(COC(=O)CCCCCCCCCCCCCCCCCCCCC)OC(=O)CCCCCCC/C=C\CCCCCCCC)OC(C(=O)O)C(O)C1O. The monoisotopic (exact) mass is 1140 g/mol. The lowest BCUT2D eigenvalue weighted by Crippen LogP contribution is -2.61. The van der Waals surface area contributed by atoms with Gasteiger partial charge in [-0.15, -0.1) is 0 Å². The van der Waals surface area contributed by atoms with Gasteiger partial charge in [0.25, 0.3) is 0 Å². The van der Waals surface area contributed by atoms with Crippen LogP contribution >= 0.6 is 0 Å². The summed E-state index contributed by atoms with van der Waals surface area (Å²) in [5.41, 5.74) is 0. The van der Waals surface area contributed by atoms with Crippen molar-refractivity contribution in [3.05, 3.63) is 60.8 Å². The van der Waals surface area contributed by atoms with E-state index in [1.165, 1.54) is 135 Å². The molecule has 1 aliphatic rings. The smallest absolute Gasteiger partial charge is 0.335 e. The Hall–Kier alpha value is -3.58. The summed E-state index contributed by atoms with van der Waals surface area (Å²) in [5.74, 6) is -3.14. The van der Waals surface area contributed by atoms with Gasteiger partial charge >= 0.3 is 23.9 Å². The quantitative estimate of drug-likeness (QED) is 0.0228. The van der Waals surface area contributed by atoms with Crippen molar-refractivity contribution in [2.24, 2.45) is 0 Å². The fourth-order valence-corrected chi connectivity index (χ4v) is 10.0. The van der Waals surface area contributed by atoms with Crippen LogP contribution in [0.3, 0.4) is 0 Å². The standard InChI is InChI=1S/C69H120O12/c1-4-7-10-13-16-19-22-25-28-30-31-33-35-37-40-43-46-49-52-55-61(70)77-58-60(79-62(71)56-53-50-47-44-41-38-34-27-24-21-18-15-12-9-6-3)59-78-69-67(65(74)64(73)66(81-69)68(75)76)80-63(72)57-54-51-48-45-42-39-36-32-29-26-23-20-17-14-11-8-5-2/h8,11,17,20,26-27,29,34,36,39,60,64-67,69,73-74H,4-7,9-10,12-16,18-19,21-25,28,30-33,35,37-38,40-59H2,1-3H3,(H,75,76)/b11-8-,20-17-,29-26-,34-27-,39-36-. The number of hydrogen-bond acceptors (Lipinski definition) is 11. The average molecular weight is 1140 g/mol. The Morgan fingerprint density at radius 1 is 0.420 bits per heavy atom. The molecule has 1 rings (SSSR count). The molecule has 468 valence electrons. The minimum Gasteiger partial charge on any atom is -0.479 e. The summed E-state index contributed by atoms with van der Waals surface area (Å²) in [4.78, 5) is 51.3. The molecule has 81 heavy (non-hydrogen) atoms. The van der Waals surface area contributed by atoms with Gasteiger partial charge in [-0.25, -0.2) is 4.79 Å². The van der Waals surface area contributed by atoms with E-state index >= 15 is 0 Å². The molecule has 3 N–H and O–H groups in total. The first-order valence-electron chi connectivity index (χ1n) is 33.3. The summed E-state index contributed by atoms with van der Waals surface area (Å²) in [6, 6.07) is 0. The van der Waals surface area contributed by atoms with Crippen LogP contribution in [0.2, 0.25) is 0 Å². The predicted octanol–water partition coefficient (Wildman–Crippen LogP) is 17.9. The van der Waals surface area contributed by atoms with Crippen molar-refractivity contribution in [2.75, 3.05) is 13.2 Å². The summed E-state index contributed by atoms with van der Waals surface area (Å²) in [6.07, 6.45) is 58.9. The Kier molecular flexibility index (Phi) is 53.0. The normalized spacial score (nSPS) is 18.1. The summed E-state index contributed by atoms with van der Waals surface area (Å²) in [5, 5.41) is 31.6. The Balaban J connectivity index is 2.65. The number of esters is 3. The molecule has 0 aliphatic carbocycles. The van der Waals surface area contributed by atoms with Crippen LogP contribution in [0.5, 0.6) is 0 Å². The number of carbonyl (C=O) groups excluding carboxylic acids is 3. The molecule has 12 heteroatoms. The molecule has 0 aromatic carbocycles. The molecule has 12 nitrogen and oxygen atoms in total. The Labute approximate surface area is 494 Å². The molecule has 1 aliphatic heterocycles. The second kappa shape index (κ2) is 56.9. The third kappa shape index (κ3) is 46.5. The van der Waals surface area contributed by atoms with Crippen LogP contribution in [0.1, 0.15) is 303 Å². The first-order chi connectivity index (χ1) is 39.6. The maximum Gasteiger partial charge on any atom is 0.335 e. The summed E-state index contributed by atoms with van der Waals surface area (Å²) in [6.45, 7) is 5.90. The number of allylic oxidation sites excluding steroid dienone is 10. The van der Waals surface area contributed by atoms with Crippen LogP contribution < -0.4 is 0 Å². The molecule has 0 spiro atoms. The molecule has 1 heterocycles. The average Bonchev–Trinajstić information content (AvgIpc) is 3.53. The van der Waals surface area contributed by atoms with Crippen molar-refractivity contribution in [3.8, 4) is 0 Å². The van der Waals surface area contributed by atoms with Gasteiger partial charge in [0, 0.05) is 19.3 Å². The van der Waals surface area contributed by atoms with Gasteiger partial charge in [0.05, 0.1) is 6.61 Å². The van der Waals surface area contributed by atoms with Gasteiger partial charge in [-0.05, 0) is 83.5 Å². The molecule has 0 radical (unpaired) electrons. The topological polar surface area (TPSA) is 175 Å². The van der Waals surface area contributed by atoms with Crippen LogP contribution in [0.15, 0.2) is 60.8 Å². The third-order valence-corrected chi connectivity index (χ3v) is 15.1. The van der Waals surface area contributed by atoms with E-state index < -0.39 is 67.3 Å². The first kappa shape index (κ1) is 75.4. The second-order valence-electron chi connectivity index (χ2n) is 22.7. The maximum absolute atomic E-state index is 13.2. The molecular formula is C69H120O12. The highest BCUT2D eigenvalue weighted by atomic mass is 16.7. The van der Waals surface area contributed by atoms with E-state index in [-0.39, 0.29) is 25.9 Å². The van der Waals surface area contributed by atoms with Crippen molar-refractivity contribution in [2.45, 2.75) is 340 Å². The minimum absolute atomic E-state index is 0.0322. The van der Waals surface area contributed by atoms with Crippen LogP contribution in [0.25, 0.3) is 0 Å². The summed E-state index contributed by atoms with van der Waals surface area (Å²) >= 11 is 0. The lowest BCUT2D eigenvalue weighted by atomic mass is 9.98. The van der Waals surface area contributed by atoms with Crippen molar-refractivity contribution in [3.63, 3.8) is 0 Å². The molecule has 0 bridgehead atoms. The number of rotatable bonds is 57. The van der Waals surface area contributed by atoms with Crippen molar-refractivity contribution >= 4 is 23.9 Å². The van der Waals surface area contributed by atoms with E-state index in [1.54, 1.807) is 0 Å². The number of carboxylic acid groups (broad SMARTS) is 1. The lowest BCUT2D eigenvalue weighted by Gasteiger charge is -2.40. The van der Waals surface area contributed by atoms with Gasteiger partial charge in [0.1, 0.15) is 18.8 Å². The highest BCUT2D eigenvalue weighted by molar-refractivity contribution is 5.74. The number of carboxylic acids is 1. The van der Waals surface area contributed by atoms with Crippen LogP contribution in [0, 0.1) is 0 Å². The van der Waals surface area contributed by atoms with Crippen LogP contribution in [-0.2, 0) is 42.9 Å². The molecule has 0 aromatic rings. The molecule has 6 atom stereocenters. The van der Waals surface area contributed by atoms with Crippen LogP contribution in [-0.4, -0.2) is 89.2 Å². The van der Waals surface area contributed by atoms with Gasteiger partial charge in [-0.3, -0.25) is 14.4 Å². The number of unbranched alkanes of at least 4 members (excludes halogenated alkanes) is 33. The van der Waals surface area contributed by atoms with E-state index in [0.29, 0.717) is 19.3 Å². The highest BCUT2D eigenvalue weighted by Gasteiger charge is 2.50. The molecule has 0 amide bonds. The van der Waals surface area contributed by atoms with E-state index in [1.807, 2.05) is 0 Å². The van der Waals surface area contributed by atoms with Gasteiger partial charge < -0.3 is 39.0 Å². The third-order valence-electron chi connectivity index (χ3n) is 15.1. The summed E-state index contributed by atoms with van der Waals surface area (Å²) < 4.78 is 28.5. The number of hydrogen-bond donors (Lipinski definition) is 3. The molecular weight excluding hydrogens is 1020 g/mol. The largest absolute Gasteiger partial charge is 0.479 e. The second-order valence-corrected chi connectivity index (χ2v) is 22.7. The number of aliphatic hydroxyl groups excluding tert-OH is 2. The Morgan fingerprint density at radius 2 is 0.778 bits per heavy atom. The number of carbonyl (C=O) groups is 4. The van der Waals surface area contributed by atoms with Gasteiger partial charge in [-0.2, -0.15) is 0 Å². The molecule has 6 unspecified atom stereocenters. The zero-order valence-electron chi connectivity index (χ0n) is 51.8. The van der Waals surface area contributed by atoms with Crippen molar-refractivity contribution < 1.29 is 58.2 Å². The number of aliphatic carboxylic acids is 1. The van der Waals surface area contributed by atoms with Crippen molar-refractivity contribution in [1.82, 2.24) is 0 Å². The number of aliphatic hydroxyl groups is 2. The highest BCUT2D eigenvalue weighted by Crippen LogP contribution is 2.27. The van der Waals surface area contributed by atoms with Crippen LogP contribution in [0.4, 0.5) is 0 Å². The van der Waals surface area contributed by atoms with Crippen molar-refractivity contribution in [1.29, 1.82) is 0 Å². The van der Waals surface area contributed by atoms with Gasteiger partial charge in [-0.1, -0.05) is 261 Å². The molecule has 1 saturated heterocycles. The molecule has 0 saturated carbocycles. The van der Waals surface area contributed by atoms with E-state index in [4.69, 9.17) is 23.7 Å². The zero-order valence-corrected chi connectivity index (χ0v) is 51.8. The number of ether oxygens (including phenoxy) is 5. The minimum atomic E-state index is -1.91. The molecule has 0 aromatic heterocycles. The lowest BCUT2D eigenvalue weighted by molar-refractivity contribution is -0.301. The Bertz CT molecular complexity index is 1640.